The molecule has 7 rings (SSSR count). The summed E-state index contributed by atoms with van der Waals surface area (Å²) in [5.74, 6) is 2.04. The first kappa shape index (κ1) is 38.3. The molecular weight excluding hydrogens is 689 g/mol. The van der Waals surface area contributed by atoms with E-state index in [2.05, 4.69) is 48.1 Å². The normalized spacial score (nSPS) is 39.8. The third-order valence-electron chi connectivity index (χ3n) is 16.5. The first-order valence-corrected chi connectivity index (χ1v) is 22.6. The lowest BCUT2D eigenvalue weighted by Gasteiger charge is -2.73. The standard InChI is InChI=1S/C44H62O6S2/c1-29(2)34-20-25-44(28-49-51(45,46)32-14-10-30(3)11-15-32)27-26-42(8)35(39(34)44)18-19-37-41(7)23-22-38(40(5,6)36(41)21-24-43(37,42)9)50-52(47,48)33-16-12-31(4)13-17-33/h10-17,34-39H,1,18-28H2,2-9H3/t34?,35?,36?,37?,38?,39?,41-,42+,43+,44?/m0/s1. The van der Waals surface area contributed by atoms with Crippen LogP contribution < -0.4 is 0 Å². The molecule has 0 radical (unpaired) electrons. The lowest BCUT2D eigenvalue weighted by atomic mass is 9.32. The minimum Gasteiger partial charge on any atom is -0.266 e. The number of hydrogen-bond donors (Lipinski definition) is 0. The fourth-order valence-corrected chi connectivity index (χ4v) is 15.8. The lowest BCUT2D eigenvalue weighted by molar-refractivity contribution is -0.247. The molecule has 8 heteroatoms. The van der Waals surface area contributed by atoms with Gasteiger partial charge in [-0.2, -0.15) is 16.8 Å². The maximum absolute atomic E-state index is 13.5. The van der Waals surface area contributed by atoms with Gasteiger partial charge in [0.25, 0.3) is 20.2 Å². The summed E-state index contributed by atoms with van der Waals surface area (Å²) in [6.45, 7) is 23.1. The predicted molar refractivity (Wildman–Crippen MR) is 207 cm³/mol. The molecule has 0 N–H and O–H groups in total. The van der Waals surface area contributed by atoms with Gasteiger partial charge in [0.05, 0.1) is 22.5 Å². The van der Waals surface area contributed by atoms with Crippen LogP contribution in [0.1, 0.15) is 117 Å². The van der Waals surface area contributed by atoms with Crippen molar-refractivity contribution < 1.29 is 25.2 Å². The van der Waals surface area contributed by atoms with Crippen LogP contribution in [-0.2, 0) is 28.6 Å². The molecular formula is C44H62O6S2. The molecule has 0 bridgehead atoms. The Labute approximate surface area is 314 Å². The van der Waals surface area contributed by atoms with E-state index >= 15 is 0 Å². The van der Waals surface area contributed by atoms with Gasteiger partial charge in [0.2, 0.25) is 0 Å². The Hall–Kier alpha value is -2.00. The van der Waals surface area contributed by atoms with Crippen LogP contribution in [0.2, 0.25) is 0 Å². The molecule has 0 amide bonds. The van der Waals surface area contributed by atoms with E-state index < -0.39 is 20.2 Å². The van der Waals surface area contributed by atoms with Gasteiger partial charge in [0.15, 0.2) is 0 Å². The highest BCUT2D eigenvalue weighted by atomic mass is 32.2. The van der Waals surface area contributed by atoms with Crippen molar-refractivity contribution in [3.63, 3.8) is 0 Å². The van der Waals surface area contributed by atoms with Crippen molar-refractivity contribution in [1.29, 1.82) is 0 Å². The van der Waals surface area contributed by atoms with E-state index in [0.717, 1.165) is 75.3 Å². The Balaban J connectivity index is 1.15. The summed E-state index contributed by atoms with van der Waals surface area (Å²) >= 11 is 0. The van der Waals surface area contributed by atoms with Crippen LogP contribution in [0, 0.1) is 70.5 Å². The van der Waals surface area contributed by atoms with Gasteiger partial charge in [0, 0.05) is 0 Å². The highest BCUT2D eigenvalue weighted by Crippen LogP contribution is 2.77. The summed E-state index contributed by atoms with van der Waals surface area (Å²) in [4.78, 5) is 0.464. The molecule has 0 saturated heterocycles. The average Bonchev–Trinajstić information content (AvgIpc) is 3.46. The van der Waals surface area contributed by atoms with Crippen molar-refractivity contribution in [3.8, 4) is 0 Å². The van der Waals surface area contributed by atoms with E-state index in [9.17, 15) is 16.8 Å². The Morgan fingerprint density at radius 3 is 1.88 bits per heavy atom. The molecule has 2 aromatic carbocycles. The van der Waals surface area contributed by atoms with Gasteiger partial charge in [-0.1, -0.05) is 82.2 Å². The number of aryl methyl sites for hydroxylation is 2. The Bertz CT molecular complexity index is 1920. The van der Waals surface area contributed by atoms with Gasteiger partial charge in [-0.15, -0.1) is 0 Å². The molecule has 7 unspecified atom stereocenters. The summed E-state index contributed by atoms with van der Waals surface area (Å²) in [6.07, 6.45) is 9.83. The monoisotopic (exact) mass is 750 g/mol. The molecule has 286 valence electrons. The van der Waals surface area contributed by atoms with Crippen LogP contribution >= 0.6 is 0 Å². The summed E-state index contributed by atoms with van der Waals surface area (Å²) in [5, 5.41) is 0. The summed E-state index contributed by atoms with van der Waals surface area (Å²) < 4.78 is 66.2. The average molecular weight is 751 g/mol. The number of hydrogen-bond acceptors (Lipinski definition) is 6. The molecule has 0 aromatic heterocycles. The zero-order valence-electron chi connectivity index (χ0n) is 32.8. The van der Waals surface area contributed by atoms with E-state index in [1.807, 2.05) is 38.1 Å². The van der Waals surface area contributed by atoms with Crippen molar-refractivity contribution in [1.82, 2.24) is 0 Å². The van der Waals surface area contributed by atoms with Crippen molar-refractivity contribution in [2.24, 2.45) is 56.7 Å². The van der Waals surface area contributed by atoms with Crippen molar-refractivity contribution in [2.45, 2.75) is 135 Å². The van der Waals surface area contributed by atoms with E-state index in [1.165, 1.54) is 5.57 Å². The van der Waals surface area contributed by atoms with E-state index in [0.29, 0.717) is 29.6 Å². The molecule has 6 nitrogen and oxygen atoms in total. The van der Waals surface area contributed by atoms with Crippen LogP contribution in [0.25, 0.3) is 0 Å². The van der Waals surface area contributed by atoms with Gasteiger partial charge >= 0.3 is 0 Å². The van der Waals surface area contributed by atoms with Crippen LogP contribution in [-0.4, -0.2) is 29.5 Å². The molecule has 5 saturated carbocycles. The SMILES string of the molecule is C=C(C)C1CCC2(COS(=O)(=O)c3ccc(C)cc3)CC[C@]3(C)C(CCC4[C@@]5(C)CCC(OS(=O)(=O)c6ccc(C)cc6)C(C)(C)C5CC[C@]43C)C12. The molecule has 10 atom stereocenters. The number of fused-ring (bicyclic) bond motifs is 7. The maximum atomic E-state index is 13.5. The highest BCUT2D eigenvalue weighted by Gasteiger charge is 2.71. The first-order chi connectivity index (χ1) is 24.2. The second-order valence-electron chi connectivity index (χ2n) is 19.3. The topological polar surface area (TPSA) is 86.7 Å². The second kappa shape index (κ2) is 12.8. The molecule has 0 aliphatic heterocycles. The van der Waals surface area contributed by atoms with Gasteiger partial charge < -0.3 is 0 Å². The first-order valence-electron chi connectivity index (χ1n) is 19.8. The Morgan fingerprint density at radius 1 is 0.692 bits per heavy atom. The molecule has 5 aliphatic rings. The zero-order chi connectivity index (χ0) is 37.7. The third-order valence-corrected chi connectivity index (χ3v) is 19.2. The molecule has 0 heterocycles. The van der Waals surface area contributed by atoms with Crippen molar-refractivity contribution in [2.75, 3.05) is 6.61 Å². The smallest absolute Gasteiger partial charge is 0.266 e. The van der Waals surface area contributed by atoms with Crippen molar-refractivity contribution in [3.05, 3.63) is 71.8 Å². The molecule has 2 aromatic rings. The van der Waals surface area contributed by atoms with Crippen LogP contribution in [0.3, 0.4) is 0 Å². The quantitative estimate of drug-likeness (QED) is 0.197. The van der Waals surface area contributed by atoms with Crippen LogP contribution in [0.5, 0.6) is 0 Å². The Kier molecular flexibility index (Phi) is 9.41. The molecule has 5 fully saturated rings. The minimum atomic E-state index is -3.88. The second-order valence-corrected chi connectivity index (χ2v) is 22.5. The van der Waals surface area contributed by atoms with Crippen LogP contribution in [0.4, 0.5) is 0 Å². The van der Waals surface area contributed by atoms with E-state index in [4.69, 9.17) is 8.37 Å². The molecule has 0 spiro atoms. The third kappa shape index (κ3) is 5.82. The van der Waals surface area contributed by atoms with Gasteiger partial charge in [-0.05, 0) is 166 Å². The fourth-order valence-electron chi connectivity index (χ4n) is 13.6. The van der Waals surface area contributed by atoms with Gasteiger partial charge in [0.1, 0.15) is 0 Å². The lowest BCUT2D eigenvalue weighted by Crippen LogP contribution is -2.67. The number of benzene rings is 2. The summed E-state index contributed by atoms with van der Waals surface area (Å²) in [7, 11) is -7.75. The summed E-state index contributed by atoms with van der Waals surface area (Å²) in [5.41, 5.74) is 3.06. The van der Waals surface area contributed by atoms with Crippen molar-refractivity contribution >= 4 is 20.2 Å². The van der Waals surface area contributed by atoms with Gasteiger partial charge in [-0.3, -0.25) is 8.37 Å². The predicted octanol–water partition coefficient (Wildman–Crippen LogP) is 10.4. The van der Waals surface area contributed by atoms with E-state index in [-0.39, 0.29) is 49.6 Å². The van der Waals surface area contributed by atoms with E-state index in [1.54, 1.807) is 24.3 Å². The maximum Gasteiger partial charge on any atom is 0.297 e. The number of allylic oxidation sites excluding steroid dienone is 1. The van der Waals surface area contributed by atoms with Crippen LogP contribution in [0.15, 0.2) is 70.5 Å². The summed E-state index contributed by atoms with van der Waals surface area (Å²) in [6, 6.07) is 14.0. The fraction of sp³-hybridized carbons (Fsp3) is 0.682. The molecule has 5 aliphatic carbocycles. The Morgan fingerprint density at radius 2 is 1.29 bits per heavy atom. The minimum absolute atomic E-state index is 0.0706. The zero-order valence-corrected chi connectivity index (χ0v) is 34.5. The molecule has 52 heavy (non-hydrogen) atoms. The largest absolute Gasteiger partial charge is 0.297 e. The van der Waals surface area contributed by atoms with Gasteiger partial charge in [-0.25, -0.2) is 0 Å². The highest BCUT2D eigenvalue weighted by molar-refractivity contribution is 7.87. The number of rotatable bonds is 8.